The van der Waals surface area contributed by atoms with Crippen molar-refractivity contribution in [3.8, 4) is 0 Å². The summed E-state index contributed by atoms with van der Waals surface area (Å²) in [4.78, 5) is 29.5. The highest BCUT2D eigenvalue weighted by Gasteiger charge is 2.59. The summed E-state index contributed by atoms with van der Waals surface area (Å²) in [5, 5.41) is 2.77. The summed E-state index contributed by atoms with van der Waals surface area (Å²) in [7, 11) is 0. The van der Waals surface area contributed by atoms with Gasteiger partial charge >= 0.3 is 6.03 Å². The lowest BCUT2D eigenvalue weighted by Crippen LogP contribution is -2.51. The Morgan fingerprint density at radius 1 is 1.09 bits per heavy atom. The molecule has 0 radical (unpaired) electrons. The first kappa shape index (κ1) is 20.6. The first-order valence-electron chi connectivity index (χ1n) is 10.4. The molecule has 5 nitrogen and oxygen atoms in total. The number of aryl methyl sites for hydroxylation is 1. The predicted octanol–water partition coefficient (Wildman–Crippen LogP) is 5.11. The van der Waals surface area contributed by atoms with E-state index in [1.165, 1.54) is 23.9 Å². The molecule has 0 unspecified atom stereocenters. The minimum atomic E-state index is -1.13. The maximum atomic E-state index is 13.9. The van der Waals surface area contributed by atoms with Gasteiger partial charge in [-0.3, -0.25) is 9.69 Å². The van der Waals surface area contributed by atoms with E-state index in [1.807, 2.05) is 55.5 Å². The second kappa shape index (κ2) is 7.98. The average Bonchev–Trinajstić information content (AvgIpc) is 3.32. The molecule has 0 aliphatic carbocycles. The highest BCUT2D eigenvalue weighted by atomic mass is 32.2. The molecule has 0 aromatic heterocycles. The molecule has 1 fully saturated rings. The van der Waals surface area contributed by atoms with E-state index < -0.39 is 16.7 Å². The molecule has 32 heavy (non-hydrogen) atoms. The van der Waals surface area contributed by atoms with Crippen LogP contribution in [0.15, 0.2) is 72.8 Å². The largest absolute Gasteiger partial charge is 0.323 e. The van der Waals surface area contributed by atoms with Gasteiger partial charge in [0.25, 0.3) is 5.91 Å². The lowest BCUT2D eigenvalue weighted by Gasteiger charge is -2.33. The first-order chi connectivity index (χ1) is 15.5. The zero-order valence-electron chi connectivity index (χ0n) is 17.5. The van der Waals surface area contributed by atoms with E-state index in [1.54, 1.807) is 21.9 Å². The maximum Gasteiger partial charge on any atom is 0.323 e. The molecule has 7 heteroatoms. The van der Waals surface area contributed by atoms with Gasteiger partial charge in [-0.1, -0.05) is 54.1 Å². The summed E-state index contributed by atoms with van der Waals surface area (Å²) in [6.45, 7) is 2.83. The molecule has 5 rings (SSSR count). The second-order valence-electron chi connectivity index (χ2n) is 7.98. The van der Waals surface area contributed by atoms with Gasteiger partial charge in [-0.15, -0.1) is 11.8 Å². The van der Waals surface area contributed by atoms with E-state index in [0.717, 1.165) is 22.4 Å². The van der Waals surface area contributed by atoms with Gasteiger partial charge in [0.15, 0.2) is 4.87 Å². The van der Waals surface area contributed by atoms with E-state index in [2.05, 4.69) is 5.32 Å². The third kappa shape index (κ3) is 3.33. The van der Waals surface area contributed by atoms with E-state index in [0.29, 0.717) is 24.5 Å². The van der Waals surface area contributed by atoms with Crippen LogP contribution in [0.1, 0.15) is 16.7 Å². The maximum absolute atomic E-state index is 13.9. The number of benzene rings is 3. The van der Waals surface area contributed by atoms with Crippen LogP contribution < -0.4 is 10.2 Å². The van der Waals surface area contributed by atoms with Gasteiger partial charge in [0.05, 0.1) is 12.2 Å². The summed E-state index contributed by atoms with van der Waals surface area (Å²) in [6, 6.07) is 21.1. The molecule has 1 N–H and O–H groups in total. The number of rotatable bonds is 3. The van der Waals surface area contributed by atoms with Gasteiger partial charge < -0.3 is 10.2 Å². The van der Waals surface area contributed by atoms with Crippen molar-refractivity contribution >= 4 is 35.1 Å². The lowest BCUT2D eigenvalue weighted by molar-refractivity contribution is -0.123. The number of fused-ring (bicyclic) bond motifs is 2. The lowest BCUT2D eigenvalue weighted by atomic mass is 10.0. The number of carbonyl (C=O) groups is 2. The molecule has 162 valence electrons. The number of hydrogen-bond acceptors (Lipinski definition) is 3. The van der Waals surface area contributed by atoms with E-state index in [9.17, 15) is 14.0 Å². The smallest absolute Gasteiger partial charge is 0.308 e. The van der Waals surface area contributed by atoms with Crippen molar-refractivity contribution < 1.29 is 14.0 Å². The number of nitrogens with zero attached hydrogens (tertiary/aromatic N) is 2. The number of amides is 3. The van der Waals surface area contributed by atoms with Crippen molar-refractivity contribution in [3.05, 3.63) is 95.3 Å². The predicted molar refractivity (Wildman–Crippen MR) is 125 cm³/mol. The van der Waals surface area contributed by atoms with Crippen LogP contribution in [-0.2, 0) is 16.2 Å². The van der Waals surface area contributed by atoms with Crippen LogP contribution >= 0.6 is 11.8 Å². The van der Waals surface area contributed by atoms with Crippen LogP contribution in [0.2, 0.25) is 0 Å². The van der Waals surface area contributed by atoms with Gasteiger partial charge in [-0.05, 0) is 36.8 Å². The van der Waals surface area contributed by atoms with Gasteiger partial charge in [0.1, 0.15) is 5.82 Å². The molecule has 0 bridgehead atoms. The normalized spacial score (nSPS) is 19.5. The summed E-state index contributed by atoms with van der Waals surface area (Å²) >= 11 is 1.48. The van der Waals surface area contributed by atoms with Crippen molar-refractivity contribution in [3.63, 3.8) is 0 Å². The molecule has 3 aromatic carbocycles. The van der Waals surface area contributed by atoms with Gasteiger partial charge in [0, 0.05) is 23.5 Å². The van der Waals surface area contributed by atoms with E-state index in [4.69, 9.17) is 0 Å². The number of nitrogens with one attached hydrogen (secondary N) is 1. The summed E-state index contributed by atoms with van der Waals surface area (Å²) in [5.41, 5.74) is 4.05. The number of anilines is 2. The third-order valence-electron chi connectivity index (χ3n) is 5.85. The molecule has 2 aliphatic heterocycles. The average molecular weight is 448 g/mol. The van der Waals surface area contributed by atoms with Crippen LogP contribution in [0.4, 0.5) is 20.6 Å². The van der Waals surface area contributed by atoms with Gasteiger partial charge in [-0.25, -0.2) is 9.18 Å². The van der Waals surface area contributed by atoms with Crippen LogP contribution in [0.5, 0.6) is 0 Å². The number of hydrogen-bond donors (Lipinski definition) is 1. The molecule has 3 amide bonds. The second-order valence-corrected chi connectivity index (χ2v) is 9.27. The third-order valence-corrected chi connectivity index (χ3v) is 7.27. The molecule has 2 heterocycles. The molecule has 2 aliphatic rings. The first-order valence-corrected chi connectivity index (χ1v) is 11.4. The minimum Gasteiger partial charge on any atom is -0.308 e. The zero-order chi connectivity index (χ0) is 22.3. The van der Waals surface area contributed by atoms with Gasteiger partial charge in [-0.2, -0.15) is 0 Å². The molecular formula is C25H22FN3O2S. The van der Waals surface area contributed by atoms with Crippen LogP contribution in [0.3, 0.4) is 0 Å². The van der Waals surface area contributed by atoms with Crippen LogP contribution in [-0.4, -0.2) is 29.1 Å². The molecule has 1 atom stereocenters. The van der Waals surface area contributed by atoms with Crippen molar-refractivity contribution in [2.75, 3.05) is 22.5 Å². The van der Waals surface area contributed by atoms with Crippen LogP contribution in [0.25, 0.3) is 0 Å². The SMILES string of the molecule is Cc1ccc2c(c1)[C@@]1(SCCN1C(=O)Nc1cccc(F)c1)C(=O)N2Cc1ccccc1. The Morgan fingerprint density at radius 3 is 2.69 bits per heavy atom. The van der Waals surface area contributed by atoms with E-state index >= 15 is 0 Å². The Labute approximate surface area is 190 Å². The number of halogens is 1. The Kier molecular flexibility index (Phi) is 5.13. The Hall–Kier alpha value is -3.32. The fourth-order valence-electron chi connectivity index (χ4n) is 4.41. The monoisotopic (exact) mass is 447 g/mol. The summed E-state index contributed by atoms with van der Waals surface area (Å²) in [6.07, 6.45) is 0. The van der Waals surface area contributed by atoms with Crippen molar-refractivity contribution in [1.29, 1.82) is 0 Å². The molecule has 1 spiro atoms. The molecule has 0 saturated carbocycles. The quantitative estimate of drug-likeness (QED) is 0.607. The van der Waals surface area contributed by atoms with Gasteiger partial charge in [0.2, 0.25) is 0 Å². The number of carbonyl (C=O) groups excluding carboxylic acids is 2. The number of thioether (sulfide) groups is 1. The van der Waals surface area contributed by atoms with Crippen molar-refractivity contribution in [2.24, 2.45) is 0 Å². The van der Waals surface area contributed by atoms with Crippen molar-refractivity contribution in [1.82, 2.24) is 4.90 Å². The zero-order valence-corrected chi connectivity index (χ0v) is 18.4. The standard InChI is InChI=1S/C25H22FN3O2S/c1-17-10-11-22-21(14-17)25(23(30)28(22)16-18-6-3-2-4-7-18)29(12-13-32-25)24(31)27-20-9-5-8-19(26)15-20/h2-11,14-15H,12-13,16H2,1H3,(H,27,31)/t25-/m1/s1. The summed E-state index contributed by atoms with van der Waals surface area (Å²) in [5.74, 6) is 0.0774. The highest BCUT2D eigenvalue weighted by molar-refractivity contribution is 8.01. The minimum absolute atomic E-state index is 0.126. The van der Waals surface area contributed by atoms with E-state index in [-0.39, 0.29) is 5.91 Å². The Balaban J connectivity index is 1.54. The fraction of sp³-hybridized carbons (Fsp3) is 0.200. The van der Waals surface area contributed by atoms with Crippen LogP contribution in [0, 0.1) is 12.7 Å². The Bertz CT molecular complexity index is 1200. The topological polar surface area (TPSA) is 52.7 Å². The molecule has 3 aromatic rings. The Morgan fingerprint density at radius 2 is 1.91 bits per heavy atom. The fourth-order valence-corrected chi connectivity index (χ4v) is 5.86. The molecular weight excluding hydrogens is 425 g/mol. The molecule has 1 saturated heterocycles. The summed E-state index contributed by atoms with van der Waals surface area (Å²) < 4.78 is 13.6. The van der Waals surface area contributed by atoms with Crippen molar-refractivity contribution in [2.45, 2.75) is 18.3 Å². The number of urea groups is 1. The highest BCUT2D eigenvalue weighted by Crippen LogP contribution is 2.54.